The van der Waals surface area contributed by atoms with Gasteiger partial charge in [0.15, 0.2) is 0 Å². The summed E-state index contributed by atoms with van der Waals surface area (Å²) >= 11 is 6.83. The second-order valence-electron chi connectivity index (χ2n) is 7.93. The van der Waals surface area contributed by atoms with Crippen molar-refractivity contribution in [2.24, 2.45) is 0 Å². The zero-order valence-electron chi connectivity index (χ0n) is 17.3. The van der Waals surface area contributed by atoms with E-state index < -0.39 is 0 Å². The Hall–Kier alpha value is -3.81. The lowest BCUT2D eigenvalue weighted by molar-refractivity contribution is 0.670. The molecule has 0 bridgehead atoms. The van der Waals surface area contributed by atoms with Crippen molar-refractivity contribution >= 4 is 33.5 Å². The molecule has 0 saturated carbocycles. The Bertz CT molecular complexity index is 1560. The van der Waals surface area contributed by atoms with Gasteiger partial charge in [-0.2, -0.15) is 0 Å². The van der Waals surface area contributed by atoms with E-state index >= 15 is 0 Å². The Balaban J connectivity index is 1.59. The van der Waals surface area contributed by atoms with Crippen LogP contribution in [0.25, 0.3) is 55.3 Å². The fourth-order valence-corrected chi connectivity index (χ4v) is 4.66. The number of rotatable bonds is 3. The summed E-state index contributed by atoms with van der Waals surface area (Å²) in [5.41, 5.74) is 8.33. The predicted octanol–water partition coefficient (Wildman–Crippen LogP) is 9.24. The number of furan rings is 1. The Morgan fingerprint density at radius 3 is 1.91 bits per heavy atom. The predicted molar refractivity (Wildman–Crippen MR) is 135 cm³/mol. The number of hydrogen-bond acceptors (Lipinski definition) is 1. The van der Waals surface area contributed by atoms with Crippen LogP contribution < -0.4 is 0 Å². The van der Waals surface area contributed by atoms with Gasteiger partial charge in [-0.1, -0.05) is 103 Å². The summed E-state index contributed by atoms with van der Waals surface area (Å²) in [6.07, 6.45) is 0. The molecule has 152 valence electrons. The van der Waals surface area contributed by atoms with E-state index in [1.54, 1.807) is 0 Å². The number of fused-ring (bicyclic) bond motifs is 3. The summed E-state index contributed by atoms with van der Waals surface area (Å²) in [6.45, 7) is 0. The molecular formula is C30H19ClO. The quantitative estimate of drug-likeness (QED) is 0.272. The van der Waals surface area contributed by atoms with Gasteiger partial charge in [0.05, 0.1) is 0 Å². The molecule has 0 fully saturated rings. The highest BCUT2D eigenvalue weighted by Crippen LogP contribution is 2.41. The van der Waals surface area contributed by atoms with E-state index in [0.717, 1.165) is 60.3 Å². The van der Waals surface area contributed by atoms with Crippen molar-refractivity contribution in [2.75, 3.05) is 0 Å². The minimum absolute atomic E-state index is 0.734. The fraction of sp³-hybridized carbons (Fsp3) is 0. The lowest BCUT2D eigenvalue weighted by atomic mass is 9.94. The molecule has 0 unspecified atom stereocenters. The van der Waals surface area contributed by atoms with Crippen LogP contribution >= 0.6 is 11.6 Å². The maximum absolute atomic E-state index is 6.83. The topological polar surface area (TPSA) is 13.1 Å². The molecule has 0 N–H and O–H groups in total. The van der Waals surface area contributed by atoms with Crippen LogP contribution in [-0.2, 0) is 0 Å². The summed E-state index contributed by atoms with van der Waals surface area (Å²) in [6, 6.07) is 39.5. The lowest BCUT2D eigenvalue weighted by Crippen LogP contribution is -1.86. The van der Waals surface area contributed by atoms with Crippen molar-refractivity contribution in [3.8, 4) is 33.4 Å². The molecule has 0 aliphatic heterocycles. The molecule has 5 aromatic carbocycles. The second kappa shape index (κ2) is 7.71. The van der Waals surface area contributed by atoms with Gasteiger partial charge < -0.3 is 4.42 Å². The van der Waals surface area contributed by atoms with Crippen molar-refractivity contribution in [1.82, 2.24) is 0 Å². The van der Waals surface area contributed by atoms with Gasteiger partial charge in [-0.05, 0) is 46.5 Å². The number of halogens is 1. The van der Waals surface area contributed by atoms with Crippen molar-refractivity contribution in [2.45, 2.75) is 0 Å². The van der Waals surface area contributed by atoms with Crippen molar-refractivity contribution in [3.63, 3.8) is 0 Å². The van der Waals surface area contributed by atoms with E-state index in [9.17, 15) is 0 Å². The Morgan fingerprint density at radius 1 is 0.469 bits per heavy atom. The molecule has 0 aliphatic rings. The van der Waals surface area contributed by atoms with Crippen LogP contribution in [0.2, 0.25) is 5.02 Å². The van der Waals surface area contributed by atoms with Gasteiger partial charge in [-0.25, -0.2) is 0 Å². The highest BCUT2D eigenvalue weighted by atomic mass is 35.5. The van der Waals surface area contributed by atoms with E-state index in [4.69, 9.17) is 16.0 Å². The highest BCUT2D eigenvalue weighted by molar-refractivity contribution is 6.33. The van der Waals surface area contributed by atoms with E-state index in [1.807, 2.05) is 48.5 Å². The molecule has 32 heavy (non-hydrogen) atoms. The first-order chi connectivity index (χ1) is 15.8. The number of hydrogen-bond donors (Lipinski definition) is 0. The number of para-hydroxylation sites is 1. The molecule has 0 radical (unpaired) electrons. The average Bonchev–Trinajstić information content (AvgIpc) is 3.23. The maximum Gasteiger partial charge on any atom is 0.143 e. The van der Waals surface area contributed by atoms with Gasteiger partial charge in [0.2, 0.25) is 0 Å². The molecule has 0 spiro atoms. The third-order valence-corrected chi connectivity index (χ3v) is 6.26. The molecule has 0 atom stereocenters. The monoisotopic (exact) mass is 430 g/mol. The molecule has 0 amide bonds. The molecule has 1 nitrogen and oxygen atoms in total. The second-order valence-corrected chi connectivity index (χ2v) is 8.33. The van der Waals surface area contributed by atoms with Gasteiger partial charge >= 0.3 is 0 Å². The van der Waals surface area contributed by atoms with Crippen LogP contribution in [0.5, 0.6) is 0 Å². The fourth-order valence-electron chi connectivity index (χ4n) is 4.37. The highest BCUT2D eigenvalue weighted by Gasteiger charge is 2.16. The molecule has 0 aliphatic carbocycles. The minimum atomic E-state index is 0.734. The van der Waals surface area contributed by atoms with Crippen LogP contribution in [0, 0.1) is 0 Å². The SMILES string of the molecule is Clc1cc(-c2ccccc2)ccc1-c1cc(-c2ccccc2)c2oc3ccccc3c2c1. The zero-order chi connectivity index (χ0) is 21.5. The molecule has 6 aromatic rings. The first kappa shape index (κ1) is 18.9. The average molecular weight is 431 g/mol. The molecule has 0 saturated heterocycles. The van der Waals surface area contributed by atoms with Crippen molar-refractivity contribution < 1.29 is 4.42 Å². The van der Waals surface area contributed by atoms with E-state index in [1.165, 1.54) is 0 Å². The maximum atomic E-state index is 6.83. The van der Waals surface area contributed by atoms with Crippen LogP contribution in [0.3, 0.4) is 0 Å². The van der Waals surface area contributed by atoms with Crippen molar-refractivity contribution in [1.29, 1.82) is 0 Å². The van der Waals surface area contributed by atoms with Crippen molar-refractivity contribution in [3.05, 3.63) is 120 Å². The molecule has 6 rings (SSSR count). The summed E-state index contributed by atoms with van der Waals surface area (Å²) in [5, 5.41) is 2.94. The molecule has 1 aromatic heterocycles. The lowest BCUT2D eigenvalue weighted by Gasteiger charge is -2.11. The first-order valence-electron chi connectivity index (χ1n) is 10.6. The largest absolute Gasteiger partial charge is 0.455 e. The van der Waals surface area contributed by atoms with E-state index in [0.29, 0.717) is 0 Å². The summed E-state index contributed by atoms with van der Waals surface area (Å²) in [4.78, 5) is 0. The zero-order valence-corrected chi connectivity index (χ0v) is 18.0. The molecular weight excluding hydrogens is 412 g/mol. The summed E-state index contributed by atoms with van der Waals surface area (Å²) in [7, 11) is 0. The first-order valence-corrected chi connectivity index (χ1v) is 11.0. The van der Waals surface area contributed by atoms with Crippen LogP contribution in [-0.4, -0.2) is 0 Å². The number of benzene rings is 5. The summed E-state index contributed by atoms with van der Waals surface area (Å²) in [5.74, 6) is 0. The van der Waals surface area contributed by atoms with Crippen LogP contribution in [0.4, 0.5) is 0 Å². The molecule has 2 heteroatoms. The van der Waals surface area contributed by atoms with Gasteiger partial charge in [0.1, 0.15) is 11.2 Å². The standard InChI is InChI=1S/C30H19ClO/c31-28-19-22(20-9-3-1-4-10-20)15-16-24(28)23-17-26(21-11-5-2-6-12-21)30-27(18-23)25-13-7-8-14-29(25)32-30/h1-19H. The van der Waals surface area contributed by atoms with Gasteiger partial charge in [-0.15, -0.1) is 0 Å². The Kier molecular flexibility index (Phi) is 4.56. The van der Waals surface area contributed by atoms with Gasteiger partial charge in [-0.3, -0.25) is 0 Å². The van der Waals surface area contributed by atoms with Gasteiger partial charge in [0, 0.05) is 26.9 Å². The van der Waals surface area contributed by atoms with Crippen LogP contribution in [0.1, 0.15) is 0 Å². The third kappa shape index (κ3) is 3.19. The summed E-state index contributed by atoms with van der Waals surface area (Å²) < 4.78 is 6.30. The van der Waals surface area contributed by atoms with Crippen LogP contribution in [0.15, 0.2) is 120 Å². The Morgan fingerprint density at radius 2 is 1.16 bits per heavy atom. The minimum Gasteiger partial charge on any atom is -0.455 e. The smallest absolute Gasteiger partial charge is 0.143 e. The normalized spacial score (nSPS) is 11.3. The van der Waals surface area contributed by atoms with E-state index in [2.05, 4.69) is 66.7 Å². The van der Waals surface area contributed by atoms with E-state index in [-0.39, 0.29) is 0 Å². The third-order valence-electron chi connectivity index (χ3n) is 5.95. The van der Waals surface area contributed by atoms with Gasteiger partial charge in [0.25, 0.3) is 0 Å². The molecule has 1 heterocycles. The Labute approximate surface area is 191 Å².